The van der Waals surface area contributed by atoms with Crippen LogP contribution in [0.1, 0.15) is 5.69 Å². The molecule has 2 aromatic heterocycles. The Morgan fingerprint density at radius 3 is 2.56 bits per heavy atom. The highest BCUT2D eigenvalue weighted by atomic mass is 19.4. The molecule has 0 aliphatic heterocycles. The minimum atomic E-state index is -4.52. The van der Waals surface area contributed by atoms with Gasteiger partial charge in [-0.2, -0.15) is 18.3 Å². The molecular formula is C22H18F3N7. The summed E-state index contributed by atoms with van der Waals surface area (Å²) in [5.74, 6) is 0. The summed E-state index contributed by atoms with van der Waals surface area (Å²) >= 11 is 0. The number of hydrogen-bond donors (Lipinski definition) is 3. The van der Waals surface area contributed by atoms with E-state index in [1.165, 1.54) is 12.3 Å². The normalized spacial score (nSPS) is 12.0. The van der Waals surface area contributed by atoms with E-state index in [1.54, 1.807) is 6.33 Å². The van der Waals surface area contributed by atoms with E-state index in [-0.39, 0.29) is 12.2 Å². The molecule has 0 aliphatic carbocycles. The van der Waals surface area contributed by atoms with Crippen LogP contribution in [0.2, 0.25) is 0 Å². The van der Waals surface area contributed by atoms with Gasteiger partial charge in [0.1, 0.15) is 12.0 Å². The average molecular weight is 437 g/mol. The Hall–Kier alpha value is -4.21. The number of nitrogens with zero attached hydrogens (tertiary/aromatic N) is 4. The van der Waals surface area contributed by atoms with E-state index in [2.05, 4.69) is 25.7 Å². The van der Waals surface area contributed by atoms with Crippen molar-refractivity contribution < 1.29 is 13.2 Å². The van der Waals surface area contributed by atoms with Gasteiger partial charge in [-0.3, -0.25) is 9.55 Å². The van der Waals surface area contributed by atoms with Crippen molar-refractivity contribution in [3.63, 3.8) is 0 Å². The van der Waals surface area contributed by atoms with Gasteiger partial charge < -0.3 is 10.6 Å². The van der Waals surface area contributed by atoms with E-state index < -0.39 is 11.9 Å². The van der Waals surface area contributed by atoms with Crippen molar-refractivity contribution in [3.05, 3.63) is 90.8 Å². The molecule has 7 nitrogen and oxygen atoms in total. The van der Waals surface area contributed by atoms with Crippen LogP contribution in [0.15, 0.2) is 90.2 Å². The van der Waals surface area contributed by atoms with E-state index >= 15 is 0 Å². The molecule has 0 radical (unpaired) electrons. The van der Waals surface area contributed by atoms with Crippen LogP contribution in [-0.2, 0) is 6.18 Å². The molecule has 0 aliphatic rings. The van der Waals surface area contributed by atoms with E-state index in [9.17, 15) is 13.2 Å². The highest BCUT2D eigenvalue weighted by Gasteiger charge is 2.32. The fourth-order valence-electron chi connectivity index (χ4n) is 3.06. The highest BCUT2D eigenvalue weighted by Crippen LogP contribution is 2.28. The zero-order valence-electron chi connectivity index (χ0n) is 16.6. The first-order valence-corrected chi connectivity index (χ1v) is 9.57. The lowest BCUT2D eigenvalue weighted by atomic mass is 10.2. The third-order valence-electron chi connectivity index (χ3n) is 4.67. The first-order chi connectivity index (χ1) is 15.4. The second-order valence-electron chi connectivity index (χ2n) is 6.82. The number of nitrogens with one attached hydrogen (secondary N) is 3. The highest BCUT2D eigenvalue weighted by molar-refractivity contribution is 5.77. The Bertz CT molecular complexity index is 1260. The largest absolute Gasteiger partial charge is 0.433 e. The number of rotatable bonds is 7. The molecule has 3 N–H and O–H groups in total. The minimum Gasteiger partial charge on any atom is -0.379 e. The SMILES string of the molecule is N=N/C(=C\Nc1ccc(-n2cnc3ccccc32)cc1)CNc1ccnc(C(F)(F)F)c1. The fourth-order valence-corrected chi connectivity index (χ4v) is 3.06. The van der Waals surface area contributed by atoms with Gasteiger partial charge in [-0.25, -0.2) is 10.5 Å². The van der Waals surface area contributed by atoms with Gasteiger partial charge in [0.2, 0.25) is 0 Å². The third kappa shape index (κ3) is 4.75. The number of pyridine rings is 1. The maximum absolute atomic E-state index is 12.8. The average Bonchev–Trinajstić information content (AvgIpc) is 3.23. The number of para-hydroxylation sites is 2. The zero-order chi connectivity index (χ0) is 22.6. The van der Waals surface area contributed by atoms with Gasteiger partial charge in [-0.15, -0.1) is 0 Å². The Balaban J connectivity index is 1.41. The molecule has 32 heavy (non-hydrogen) atoms. The van der Waals surface area contributed by atoms with Gasteiger partial charge >= 0.3 is 6.18 Å². The molecule has 10 heteroatoms. The molecule has 0 spiro atoms. The predicted molar refractivity (Wildman–Crippen MR) is 116 cm³/mol. The van der Waals surface area contributed by atoms with E-state index in [0.29, 0.717) is 5.70 Å². The quantitative estimate of drug-likeness (QED) is 0.317. The first kappa shape index (κ1) is 21.0. The van der Waals surface area contributed by atoms with Crippen molar-refractivity contribution >= 4 is 22.4 Å². The van der Waals surface area contributed by atoms with Crippen LogP contribution in [0.4, 0.5) is 24.5 Å². The molecule has 0 amide bonds. The Morgan fingerprint density at radius 1 is 1.03 bits per heavy atom. The van der Waals surface area contributed by atoms with Crippen LogP contribution in [0.5, 0.6) is 0 Å². The van der Waals surface area contributed by atoms with Crippen LogP contribution in [0.3, 0.4) is 0 Å². The van der Waals surface area contributed by atoms with Crippen molar-refractivity contribution in [3.8, 4) is 5.69 Å². The number of halogens is 3. The summed E-state index contributed by atoms with van der Waals surface area (Å²) in [6.07, 6.45) is -0.158. The number of aromatic nitrogens is 3. The number of anilines is 2. The molecule has 162 valence electrons. The smallest absolute Gasteiger partial charge is 0.379 e. The fraction of sp³-hybridized carbons (Fsp3) is 0.0909. The van der Waals surface area contributed by atoms with Crippen LogP contribution < -0.4 is 10.6 Å². The molecule has 0 saturated carbocycles. The summed E-state index contributed by atoms with van der Waals surface area (Å²) in [6.45, 7) is 0.0664. The van der Waals surface area contributed by atoms with Crippen LogP contribution in [-0.4, -0.2) is 21.1 Å². The van der Waals surface area contributed by atoms with Gasteiger partial charge in [-0.1, -0.05) is 12.1 Å². The lowest BCUT2D eigenvalue weighted by Crippen LogP contribution is -2.10. The lowest BCUT2D eigenvalue weighted by molar-refractivity contribution is -0.141. The Labute approximate surface area is 181 Å². The van der Waals surface area contributed by atoms with Crippen LogP contribution >= 0.6 is 0 Å². The molecule has 0 saturated heterocycles. The van der Waals surface area contributed by atoms with Crippen molar-refractivity contribution in [2.24, 2.45) is 5.11 Å². The molecule has 0 unspecified atom stereocenters. The van der Waals surface area contributed by atoms with Gasteiger partial charge in [-0.05, 0) is 48.5 Å². The van der Waals surface area contributed by atoms with Gasteiger partial charge in [0.05, 0.1) is 23.3 Å². The van der Waals surface area contributed by atoms with Crippen LogP contribution in [0.25, 0.3) is 16.7 Å². The van der Waals surface area contributed by atoms with E-state index in [4.69, 9.17) is 5.53 Å². The van der Waals surface area contributed by atoms with Crippen molar-refractivity contribution in [2.75, 3.05) is 17.2 Å². The van der Waals surface area contributed by atoms with Gasteiger partial charge in [0.15, 0.2) is 0 Å². The monoisotopic (exact) mass is 437 g/mol. The second-order valence-corrected chi connectivity index (χ2v) is 6.82. The van der Waals surface area contributed by atoms with Crippen molar-refractivity contribution in [1.29, 1.82) is 5.53 Å². The standard InChI is InChI=1S/C22H18F3N7/c23-22(24,25)21-11-16(9-10-27-21)29-13-17(31-26)12-28-15-5-7-18(8-6-15)32-14-30-19-3-1-2-4-20(19)32/h1-12,14,26,28H,13H2,(H,27,29)/b17-12-,31-26?. The number of alkyl halides is 3. The lowest BCUT2D eigenvalue weighted by Gasteiger charge is -2.10. The molecule has 0 fully saturated rings. The van der Waals surface area contributed by atoms with E-state index in [1.807, 2.05) is 53.1 Å². The molecule has 2 heterocycles. The number of imidazole rings is 1. The van der Waals surface area contributed by atoms with Crippen molar-refractivity contribution in [1.82, 2.24) is 14.5 Å². The molecule has 4 rings (SSSR count). The second kappa shape index (κ2) is 8.88. The molecule has 2 aromatic carbocycles. The number of benzene rings is 2. The predicted octanol–water partition coefficient (Wildman–Crippen LogP) is 5.84. The molecule has 4 aromatic rings. The summed E-state index contributed by atoms with van der Waals surface area (Å²) in [4.78, 5) is 7.70. The maximum atomic E-state index is 12.8. The topological polar surface area (TPSA) is 91.0 Å². The van der Waals surface area contributed by atoms with Crippen LogP contribution in [0, 0.1) is 5.53 Å². The summed E-state index contributed by atoms with van der Waals surface area (Å²) in [7, 11) is 0. The summed E-state index contributed by atoms with van der Waals surface area (Å²) in [5, 5.41) is 9.28. The summed E-state index contributed by atoms with van der Waals surface area (Å²) < 4.78 is 40.3. The third-order valence-corrected chi connectivity index (χ3v) is 4.67. The first-order valence-electron chi connectivity index (χ1n) is 9.57. The van der Waals surface area contributed by atoms with Crippen molar-refractivity contribution in [2.45, 2.75) is 6.18 Å². The van der Waals surface area contributed by atoms with E-state index in [0.717, 1.165) is 34.7 Å². The summed E-state index contributed by atoms with van der Waals surface area (Å²) in [6, 6.07) is 17.8. The minimum absolute atomic E-state index is 0.0664. The Morgan fingerprint density at radius 2 is 1.81 bits per heavy atom. The number of hydrogen-bond acceptors (Lipinski definition) is 6. The molecule has 0 atom stereocenters. The zero-order valence-corrected chi connectivity index (χ0v) is 16.6. The summed E-state index contributed by atoms with van der Waals surface area (Å²) in [5.41, 5.74) is 10.5. The number of fused-ring (bicyclic) bond motifs is 1. The Kier molecular flexibility index (Phi) is 5.84. The molecule has 0 bridgehead atoms. The van der Waals surface area contributed by atoms with Gasteiger partial charge in [0.25, 0.3) is 0 Å². The van der Waals surface area contributed by atoms with Gasteiger partial charge in [0, 0.05) is 29.5 Å². The maximum Gasteiger partial charge on any atom is 0.433 e. The molecular weight excluding hydrogens is 419 g/mol.